The molecule has 0 aliphatic heterocycles. The molecule has 94 valence electrons. The Morgan fingerprint density at radius 2 is 1.69 bits per heavy atom. The lowest BCUT2D eigenvalue weighted by Crippen LogP contribution is -2.23. The number of nitrogens with two attached hydrogens (primary N) is 1. The van der Waals surface area contributed by atoms with Crippen LogP contribution in [0.3, 0.4) is 0 Å². The van der Waals surface area contributed by atoms with Gasteiger partial charge in [-0.05, 0) is 32.7 Å². The lowest BCUT2D eigenvalue weighted by atomic mass is 10.1. The number of carbonyl (C=O) groups is 1. The smallest absolute Gasteiger partial charge is 0.423 e. The van der Waals surface area contributed by atoms with Crippen LogP contribution in [-0.2, 0) is 9.53 Å². The van der Waals surface area contributed by atoms with Crippen molar-refractivity contribution in [3.63, 3.8) is 0 Å². The van der Waals surface area contributed by atoms with Gasteiger partial charge in [0.15, 0.2) is 0 Å². The highest BCUT2D eigenvalue weighted by Gasteiger charge is 2.42. The molecule has 0 radical (unpaired) electrons. The van der Waals surface area contributed by atoms with Crippen molar-refractivity contribution in [2.75, 3.05) is 14.2 Å². The van der Waals surface area contributed by atoms with Gasteiger partial charge in [0.05, 0.1) is 7.11 Å². The molecule has 0 saturated heterocycles. The Morgan fingerprint density at radius 1 is 1.25 bits per heavy atom. The summed E-state index contributed by atoms with van der Waals surface area (Å²) in [6.07, 6.45) is -2.46. The summed E-state index contributed by atoms with van der Waals surface area (Å²) in [5, 5.41) is 0. The van der Waals surface area contributed by atoms with Crippen LogP contribution in [0.15, 0.2) is 11.1 Å². The van der Waals surface area contributed by atoms with Crippen LogP contribution in [0, 0.1) is 0 Å². The number of esters is 1. The highest BCUT2D eigenvalue weighted by Crippen LogP contribution is 2.36. The predicted molar refractivity (Wildman–Crippen MR) is 53.7 cm³/mol. The first-order valence-electron chi connectivity index (χ1n) is 4.92. The Bertz CT molecular complexity index is 264. The topological polar surface area (TPSA) is 52.3 Å². The predicted octanol–water partition coefficient (Wildman–Crippen LogP) is 2.17. The van der Waals surface area contributed by atoms with Crippen molar-refractivity contribution >= 4 is 5.97 Å². The van der Waals surface area contributed by atoms with Crippen LogP contribution in [-0.4, -0.2) is 26.3 Å². The number of alkyl halides is 3. The average molecular weight is 239 g/mol. The second-order valence-corrected chi connectivity index (χ2v) is 3.18. The molecule has 0 aromatic heterocycles. The molecule has 16 heavy (non-hydrogen) atoms. The van der Waals surface area contributed by atoms with E-state index in [4.69, 9.17) is 0 Å². The van der Waals surface area contributed by atoms with E-state index in [2.05, 4.69) is 10.5 Å². The van der Waals surface area contributed by atoms with Gasteiger partial charge in [0, 0.05) is 0 Å². The number of ether oxygens (including phenoxy) is 1. The van der Waals surface area contributed by atoms with Gasteiger partial charge < -0.3 is 10.5 Å². The van der Waals surface area contributed by atoms with Crippen LogP contribution in [0.1, 0.15) is 25.7 Å². The molecule has 1 aliphatic rings. The van der Waals surface area contributed by atoms with E-state index in [0.717, 1.165) is 7.11 Å². The molecule has 0 aromatic carbocycles. The van der Waals surface area contributed by atoms with Crippen molar-refractivity contribution in [3.8, 4) is 0 Å². The first-order chi connectivity index (χ1) is 7.46. The van der Waals surface area contributed by atoms with Gasteiger partial charge in [-0.2, -0.15) is 13.2 Å². The van der Waals surface area contributed by atoms with E-state index in [1.165, 1.54) is 7.05 Å². The molecule has 0 aromatic rings. The summed E-state index contributed by atoms with van der Waals surface area (Å²) in [5.41, 5.74) is 3.59. The van der Waals surface area contributed by atoms with Gasteiger partial charge in [0.1, 0.15) is 5.57 Å². The molecule has 1 aliphatic carbocycles. The summed E-state index contributed by atoms with van der Waals surface area (Å²) in [4.78, 5) is 10.9. The van der Waals surface area contributed by atoms with Crippen LogP contribution >= 0.6 is 0 Å². The van der Waals surface area contributed by atoms with E-state index < -0.39 is 17.7 Å². The molecule has 6 heteroatoms. The zero-order valence-electron chi connectivity index (χ0n) is 9.36. The average Bonchev–Trinajstić information content (AvgIpc) is 2.72. The SMILES string of the molecule is CN.COC(=O)C(=C1CCCC1)C(F)(F)F. The van der Waals surface area contributed by atoms with Crippen molar-refractivity contribution < 1.29 is 22.7 Å². The molecule has 0 amide bonds. The molecule has 1 fully saturated rings. The highest BCUT2D eigenvalue weighted by molar-refractivity contribution is 5.90. The molecule has 0 bridgehead atoms. The molecule has 1 saturated carbocycles. The Labute approximate surface area is 92.4 Å². The third kappa shape index (κ3) is 3.84. The van der Waals surface area contributed by atoms with Crippen LogP contribution in [0.4, 0.5) is 13.2 Å². The number of hydrogen-bond donors (Lipinski definition) is 1. The van der Waals surface area contributed by atoms with Gasteiger partial charge in [0.2, 0.25) is 0 Å². The number of allylic oxidation sites excluding steroid dienone is 1. The largest absolute Gasteiger partial charge is 0.465 e. The molecule has 3 nitrogen and oxygen atoms in total. The quantitative estimate of drug-likeness (QED) is 0.563. The van der Waals surface area contributed by atoms with Gasteiger partial charge in [-0.1, -0.05) is 5.57 Å². The molecule has 0 spiro atoms. The molecule has 0 heterocycles. The van der Waals surface area contributed by atoms with Gasteiger partial charge in [0.25, 0.3) is 0 Å². The molecule has 0 unspecified atom stereocenters. The van der Waals surface area contributed by atoms with Gasteiger partial charge in [-0.15, -0.1) is 0 Å². The minimum absolute atomic E-state index is 0.185. The van der Waals surface area contributed by atoms with Gasteiger partial charge in [-0.3, -0.25) is 0 Å². The summed E-state index contributed by atoms with van der Waals surface area (Å²) >= 11 is 0. The zero-order chi connectivity index (χ0) is 12.8. The van der Waals surface area contributed by atoms with Crippen molar-refractivity contribution in [1.29, 1.82) is 0 Å². The molecular formula is C10H16F3NO2. The standard InChI is InChI=1S/C9H11F3O2.CH5N/c1-14-8(13)7(9(10,11)12)6-4-2-3-5-6;1-2/h2-5H2,1H3;2H2,1H3. The molecular weight excluding hydrogens is 223 g/mol. The third-order valence-electron chi connectivity index (χ3n) is 2.23. The van der Waals surface area contributed by atoms with Crippen molar-refractivity contribution in [3.05, 3.63) is 11.1 Å². The first kappa shape index (κ1) is 15.0. The van der Waals surface area contributed by atoms with Crippen LogP contribution in [0.25, 0.3) is 0 Å². The van der Waals surface area contributed by atoms with E-state index >= 15 is 0 Å². The maximum atomic E-state index is 12.5. The number of hydrogen-bond acceptors (Lipinski definition) is 3. The third-order valence-corrected chi connectivity index (χ3v) is 2.23. The zero-order valence-corrected chi connectivity index (χ0v) is 9.36. The Balaban J connectivity index is 0.00000106. The van der Waals surface area contributed by atoms with E-state index in [1.807, 2.05) is 0 Å². The van der Waals surface area contributed by atoms with Gasteiger partial charge >= 0.3 is 12.1 Å². The number of carbonyl (C=O) groups excluding carboxylic acids is 1. The second kappa shape index (κ2) is 6.52. The molecule has 1 rings (SSSR count). The fourth-order valence-corrected chi connectivity index (χ4v) is 1.61. The number of methoxy groups -OCH3 is 1. The molecule has 2 N–H and O–H groups in total. The maximum Gasteiger partial charge on any atom is 0.423 e. The monoisotopic (exact) mass is 239 g/mol. The fraction of sp³-hybridized carbons (Fsp3) is 0.700. The second-order valence-electron chi connectivity index (χ2n) is 3.18. The van der Waals surface area contributed by atoms with Crippen molar-refractivity contribution in [1.82, 2.24) is 0 Å². The maximum absolute atomic E-state index is 12.5. The fourth-order valence-electron chi connectivity index (χ4n) is 1.61. The Morgan fingerprint density at radius 3 is 2.00 bits per heavy atom. The Hall–Kier alpha value is -1.04. The lowest BCUT2D eigenvalue weighted by Gasteiger charge is -2.12. The van der Waals surface area contributed by atoms with Gasteiger partial charge in [-0.25, -0.2) is 4.79 Å². The summed E-state index contributed by atoms with van der Waals surface area (Å²) in [5.74, 6) is -1.27. The van der Waals surface area contributed by atoms with Crippen molar-refractivity contribution in [2.24, 2.45) is 5.73 Å². The van der Waals surface area contributed by atoms with Crippen molar-refractivity contribution in [2.45, 2.75) is 31.9 Å². The summed E-state index contributed by atoms with van der Waals surface area (Å²) < 4.78 is 41.5. The highest BCUT2D eigenvalue weighted by atomic mass is 19.4. The normalized spacial score (nSPS) is 15.2. The minimum Gasteiger partial charge on any atom is -0.465 e. The Kier molecular flexibility index (Phi) is 6.10. The summed E-state index contributed by atoms with van der Waals surface area (Å²) in [6, 6.07) is 0. The number of rotatable bonds is 1. The lowest BCUT2D eigenvalue weighted by molar-refractivity contribution is -0.148. The summed E-state index contributed by atoms with van der Waals surface area (Å²) in [7, 11) is 2.46. The van der Waals surface area contributed by atoms with E-state index in [0.29, 0.717) is 25.7 Å². The van der Waals surface area contributed by atoms with Crippen LogP contribution in [0.5, 0.6) is 0 Å². The van der Waals surface area contributed by atoms with Crippen LogP contribution < -0.4 is 5.73 Å². The molecule has 0 atom stereocenters. The van der Waals surface area contributed by atoms with E-state index in [1.54, 1.807) is 0 Å². The summed E-state index contributed by atoms with van der Waals surface area (Å²) in [6.45, 7) is 0. The van der Waals surface area contributed by atoms with E-state index in [-0.39, 0.29) is 5.57 Å². The number of halogens is 3. The van der Waals surface area contributed by atoms with Crippen LogP contribution in [0.2, 0.25) is 0 Å². The minimum atomic E-state index is -4.59. The first-order valence-corrected chi connectivity index (χ1v) is 4.92. The van der Waals surface area contributed by atoms with E-state index in [9.17, 15) is 18.0 Å².